The van der Waals surface area contributed by atoms with Gasteiger partial charge in [-0.15, -0.1) is 0 Å². The largest absolute Gasteiger partial charge is 1.00 e. The van der Waals surface area contributed by atoms with Crippen molar-refractivity contribution < 1.29 is 83.3 Å². The smallest absolute Gasteiger partial charge is 0.871 e. The quantitative estimate of drug-likeness (QED) is 0.357. The average Bonchev–Trinajstić information content (AvgIpc) is 3.20. The molecule has 0 saturated carbocycles. The third-order valence-corrected chi connectivity index (χ3v) is 4.45. The van der Waals surface area contributed by atoms with Gasteiger partial charge in [0, 0.05) is 31.2 Å². The summed E-state index contributed by atoms with van der Waals surface area (Å²) >= 11 is 0. The molecule has 2 heterocycles. The predicted octanol–water partition coefficient (Wildman–Crippen LogP) is -4.96. The number of pyridine rings is 1. The number of nitrogens with one attached hydrogen (secondary N) is 2. The number of aryl methyl sites for hydroxylation is 2. The molecule has 0 aliphatic rings. The molecule has 32 heavy (non-hydrogen) atoms. The fourth-order valence-corrected chi connectivity index (χ4v) is 2.98. The average molecular weight is 455 g/mol. The minimum Gasteiger partial charge on any atom is -0.871 e. The first-order valence-corrected chi connectivity index (χ1v) is 9.06. The summed E-state index contributed by atoms with van der Waals surface area (Å²) in [4.78, 5) is 35.8. The Labute approximate surface area is 228 Å². The van der Waals surface area contributed by atoms with Crippen molar-refractivity contribution >= 4 is 17.7 Å². The molecule has 11 heteroatoms. The third-order valence-electron chi connectivity index (χ3n) is 4.45. The van der Waals surface area contributed by atoms with Crippen molar-refractivity contribution in [2.75, 3.05) is 5.32 Å². The zero-order chi connectivity index (χ0) is 21.8. The van der Waals surface area contributed by atoms with Gasteiger partial charge in [-0.3, -0.25) is 4.79 Å². The molecule has 0 aliphatic heterocycles. The number of carbonyl (C=O) groups is 2. The van der Waals surface area contributed by atoms with Gasteiger partial charge in [-0.1, -0.05) is 36.1 Å². The van der Waals surface area contributed by atoms with Crippen molar-refractivity contribution in [3.05, 3.63) is 70.3 Å². The summed E-state index contributed by atoms with van der Waals surface area (Å²) in [6.07, 6.45) is 0.797. The normalized spacial score (nSPS) is 10.9. The number of aromatic nitrogens is 1. The number of rotatable bonds is 6. The molecule has 9 nitrogen and oxygen atoms in total. The van der Waals surface area contributed by atoms with E-state index in [0.717, 1.165) is 5.56 Å². The van der Waals surface area contributed by atoms with E-state index >= 15 is 0 Å². The van der Waals surface area contributed by atoms with Gasteiger partial charge in [0.15, 0.2) is 0 Å². The molecule has 0 saturated heterocycles. The van der Waals surface area contributed by atoms with E-state index in [0.29, 0.717) is 5.76 Å². The second kappa shape index (κ2) is 12.3. The van der Waals surface area contributed by atoms with E-state index < -0.39 is 41.5 Å². The first-order valence-electron chi connectivity index (χ1n) is 9.06. The number of carboxylic acids is 1. The maximum absolute atomic E-state index is 12.4. The third kappa shape index (κ3) is 6.74. The number of benzene rings is 1. The Balaban J connectivity index is 0.00000256. The molecule has 156 valence electrons. The summed E-state index contributed by atoms with van der Waals surface area (Å²) in [5.74, 6) is -1.35. The monoisotopic (exact) mass is 455 g/mol. The van der Waals surface area contributed by atoms with E-state index in [1.807, 2.05) is 30.3 Å². The summed E-state index contributed by atoms with van der Waals surface area (Å²) in [6.45, 7) is 1.51. The summed E-state index contributed by atoms with van der Waals surface area (Å²) < 4.78 is 6.88. The molecule has 1 atom stereocenters. The van der Waals surface area contributed by atoms with Crippen LogP contribution in [0.25, 0.3) is 11.3 Å². The molecule has 0 aliphatic carbocycles. The first-order chi connectivity index (χ1) is 14.3. The SMILES string of the molecule is Cc1cn(C)c(=O)c(NC(=O)N[C@@H](CC(=O)[O-])c2ccc(-c3ccccc3)o2)c1[O-].[Na+].[Na+]. The Bertz CT molecular complexity index is 1140. The molecule has 0 fully saturated rings. The van der Waals surface area contributed by atoms with Crippen LogP contribution < -0.4 is 85.5 Å². The van der Waals surface area contributed by atoms with E-state index in [4.69, 9.17) is 4.42 Å². The van der Waals surface area contributed by atoms with Gasteiger partial charge < -0.3 is 34.6 Å². The van der Waals surface area contributed by atoms with Crippen LogP contribution in [-0.2, 0) is 11.8 Å². The van der Waals surface area contributed by atoms with E-state index in [1.54, 1.807) is 12.1 Å². The molecule has 3 aromatic rings. The predicted molar refractivity (Wildman–Crippen MR) is 105 cm³/mol. The summed E-state index contributed by atoms with van der Waals surface area (Å²) in [5.41, 5.74) is -0.0509. The number of hydrogen-bond acceptors (Lipinski definition) is 6. The van der Waals surface area contributed by atoms with Crippen LogP contribution in [0, 0.1) is 6.92 Å². The number of nitrogens with zero attached hydrogens (tertiary/aromatic N) is 1. The first kappa shape index (κ1) is 28.0. The number of aliphatic carboxylic acids is 1. The van der Waals surface area contributed by atoms with Crippen molar-refractivity contribution in [1.29, 1.82) is 0 Å². The Morgan fingerprint density at radius 3 is 2.41 bits per heavy atom. The maximum atomic E-state index is 12.4. The van der Waals surface area contributed by atoms with Gasteiger partial charge in [-0.2, -0.15) is 0 Å². The zero-order valence-electron chi connectivity index (χ0n) is 18.3. The van der Waals surface area contributed by atoms with Crippen molar-refractivity contribution in [3.63, 3.8) is 0 Å². The maximum Gasteiger partial charge on any atom is 1.00 e. The topological polar surface area (TPSA) is 139 Å². The molecule has 0 unspecified atom stereocenters. The molecule has 0 bridgehead atoms. The molecular weight excluding hydrogens is 436 g/mol. The summed E-state index contributed by atoms with van der Waals surface area (Å²) in [6, 6.07) is 10.3. The number of furan rings is 1. The molecule has 2 aromatic heterocycles. The fraction of sp³-hybridized carbons (Fsp3) is 0.190. The van der Waals surface area contributed by atoms with Crippen molar-refractivity contribution in [2.45, 2.75) is 19.4 Å². The Hall–Kier alpha value is -2.01. The van der Waals surface area contributed by atoms with Crippen LogP contribution in [0.15, 0.2) is 57.9 Å². The van der Waals surface area contributed by atoms with E-state index in [9.17, 15) is 24.6 Å². The second-order valence-electron chi connectivity index (χ2n) is 6.73. The van der Waals surface area contributed by atoms with Gasteiger partial charge in [0.2, 0.25) is 0 Å². The fourth-order valence-electron chi connectivity index (χ4n) is 2.98. The molecule has 2 N–H and O–H groups in total. The number of hydrogen-bond donors (Lipinski definition) is 2. The van der Waals surface area contributed by atoms with Crippen molar-refractivity contribution in [2.24, 2.45) is 7.05 Å². The minimum absolute atomic E-state index is 0. The van der Waals surface area contributed by atoms with Crippen LogP contribution >= 0.6 is 0 Å². The molecule has 0 spiro atoms. The summed E-state index contributed by atoms with van der Waals surface area (Å²) in [5, 5.41) is 28.0. The van der Waals surface area contributed by atoms with E-state index in [1.165, 1.54) is 24.7 Å². The van der Waals surface area contributed by atoms with Crippen LogP contribution in [0.1, 0.15) is 23.8 Å². The van der Waals surface area contributed by atoms with Crippen LogP contribution in [0.4, 0.5) is 10.5 Å². The van der Waals surface area contributed by atoms with E-state index in [-0.39, 0.29) is 70.4 Å². The molecular formula is C21H19N3Na2O6. The van der Waals surface area contributed by atoms with Gasteiger partial charge >= 0.3 is 65.1 Å². The van der Waals surface area contributed by atoms with Crippen LogP contribution in [0.2, 0.25) is 0 Å². The number of carbonyl (C=O) groups excluding carboxylic acids is 2. The van der Waals surface area contributed by atoms with Gasteiger partial charge in [0.05, 0.1) is 6.04 Å². The van der Waals surface area contributed by atoms with E-state index in [2.05, 4.69) is 10.6 Å². The Morgan fingerprint density at radius 2 is 1.78 bits per heavy atom. The van der Waals surface area contributed by atoms with Crippen LogP contribution in [0.3, 0.4) is 0 Å². The number of anilines is 1. The van der Waals surface area contributed by atoms with Crippen molar-refractivity contribution in [3.8, 4) is 17.1 Å². The number of carboxylic acid groups (broad SMARTS) is 1. The standard InChI is InChI=1S/C21H21N3O6.2Na/c1-12-11-24(2)20(28)18(19(12)27)23-21(29)22-14(10-17(25)26)16-9-8-15(30-16)13-6-4-3-5-7-13;;/h3-9,11,14,27H,10H2,1-2H3,(H,25,26)(H2,22,23,29);;/q;2*+1/p-2/t14-;;/m0../s1. The van der Waals surface area contributed by atoms with Crippen LogP contribution in [-0.4, -0.2) is 16.6 Å². The Morgan fingerprint density at radius 1 is 1.12 bits per heavy atom. The van der Waals surface area contributed by atoms with Crippen LogP contribution in [0.5, 0.6) is 5.75 Å². The molecule has 3 rings (SSSR count). The Kier molecular flexibility index (Phi) is 10.8. The molecule has 1 aromatic carbocycles. The van der Waals surface area contributed by atoms with Gasteiger partial charge in [-0.25, -0.2) is 4.79 Å². The zero-order valence-corrected chi connectivity index (χ0v) is 22.3. The van der Waals surface area contributed by atoms with Gasteiger partial charge in [0.1, 0.15) is 17.2 Å². The molecule has 2 amide bonds. The van der Waals surface area contributed by atoms with Gasteiger partial charge in [-0.05, 0) is 24.6 Å². The number of urea groups is 1. The summed E-state index contributed by atoms with van der Waals surface area (Å²) in [7, 11) is 1.45. The van der Waals surface area contributed by atoms with Gasteiger partial charge in [0.25, 0.3) is 5.56 Å². The van der Waals surface area contributed by atoms with Crippen molar-refractivity contribution in [1.82, 2.24) is 9.88 Å². The second-order valence-corrected chi connectivity index (χ2v) is 6.73. The molecule has 0 radical (unpaired) electrons. The number of amides is 2. The minimum atomic E-state index is -1.41.